The molecular formula is C13H18N4O4. The molecule has 0 radical (unpaired) electrons. The van der Waals surface area contributed by atoms with Gasteiger partial charge in [-0.2, -0.15) is 5.10 Å². The molecule has 2 rings (SSSR count). The van der Waals surface area contributed by atoms with E-state index in [1.54, 1.807) is 6.92 Å². The molecular weight excluding hydrogens is 276 g/mol. The van der Waals surface area contributed by atoms with Crippen molar-refractivity contribution < 1.29 is 14.3 Å². The molecule has 0 saturated carbocycles. The fourth-order valence-electron chi connectivity index (χ4n) is 2.27. The molecule has 0 aromatic carbocycles. The highest BCUT2D eigenvalue weighted by Crippen LogP contribution is 2.21. The van der Waals surface area contributed by atoms with E-state index in [4.69, 9.17) is 0 Å². The average molecular weight is 294 g/mol. The van der Waals surface area contributed by atoms with Gasteiger partial charge in [-0.1, -0.05) is 0 Å². The van der Waals surface area contributed by atoms with E-state index in [1.807, 2.05) is 6.92 Å². The first kappa shape index (κ1) is 15.0. The van der Waals surface area contributed by atoms with Crippen molar-refractivity contribution in [3.05, 3.63) is 28.2 Å². The van der Waals surface area contributed by atoms with Crippen LogP contribution in [0.25, 0.3) is 0 Å². The summed E-state index contributed by atoms with van der Waals surface area (Å²) in [4.78, 5) is 36.4. The zero-order valence-corrected chi connectivity index (χ0v) is 12.3. The Kier molecular flexibility index (Phi) is 3.97. The molecule has 8 nitrogen and oxygen atoms in total. The number of amides is 2. The van der Waals surface area contributed by atoms with Crippen molar-refractivity contribution in [2.45, 2.75) is 25.9 Å². The molecule has 0 unspecified atom stereocenters. The van der Waals surface area contributed by atoms with Gasteiger partial charge in [0.25, 0.3) is 11.5 Å². The van der Waals surface area contributed by atoms with Crippen LogP contribution in [0, 0.1) is 0 Å². The first-order chi connectivity index (χ1) is 9.88. The molecule has 21 heavy (non-hydrogen) atoms. The van der Waals surface area contributed by atoms with Crippen molar-refractivity contribution in [1.29, 1.82) is 0 Å². The second kappa shape index (κ2) is 5.55. The van der Waals surface area contributed by atoms with Crippen molar-refractivity contribution in [3.8, 4) is 0 Å². The Balaban J connectivity index is 2.03. The van der Waals surface area contributed by atoms with Gasteiger partial charge in [0.2, 0.25) is 0 Å². The predicted molar refractivity (Wildman–Crippen MR) is 74.0 cm³/mol. The third-order valence-electron chi connectivity index (χ3n) is 3.33. The maximum atomic E-state index is 12.2. The molecule has 1 aliphatic rings. The highest BCUT2D eigenvalue weighted by Gasteiger charge is 2.43. The Hall–Kier alpha value is -2.38. The van der Waals surface area contributed by atoms with Gasteiger partial charge in [0, 0.05) is 25.7 Å². The van der Waals surface area contributed by atoms with Crippen LogP contribution in [-0.2, 0) is 11.3 Å². The van der Waals surface area contributed by atoms with Gasteiger partial charge in [-0.05, 0) is 19.9 Å². The zero-order valence-electron chi connectivity index (χ0n) is 12.3. The molecule has 1 saturated heterocycles. The summed E-state index contributed by atoms with van der Waals surface area (Å²) in [7, 11) is 1.31. The largest absolute Gasteiger partial charge is 0.453 e. The summed E-state index contributed by atoms with van der Waals surface area (Å²) in [5.74, 6) is -0.371. The quantitative estimate of drug-likeness (QED) is 0.835. The number of likely N-dealkylation sites (tertiary alicyclic amines) is 1. The SMILES string of the molecule is CCn1nc(C(=O)NC2(C)CN(C(=O)OC)C2)ccc1=O. The van der Waals surface area contributed by atoms with Gasteiger partial charge < -0.3 is 15.0 Å². The van der Waals surface area contributed by atoms with E-state index >= 15 is 0 Å². The van der Waals surface area contributed by atoms with E-state index in [1.165, 1.54) is 28.8 Å². The number of aryl methyl sites for hydroxylation is 1. The van der Waals surface area contributed by atoms with Crippen LogP contribution in [0.1, 0.15) is 24.3 Å². The van der Waals surface area contributed by atoms with Crippen LogP contribution < -0.4 is 10.9 Å². The molecule has 1 fully saturated rings. The van der Waals surface area contributed by atoms with E-state index in [9.17, 15) is 14.4 Å². The lowest BCUT2D eigenvalue weighted by atomic mass is 9.92. The Labute approximate surface area is 121 Å². The lowest BCUT2D eigenvalue weighted by Gasteiger charge is -2.47. The monoisotopic (exact) mass is 294 g/mol. The van der Waals surface area contributed by atoms with Gasteiger partial charge in [-0.25, -0.2) is 9.48 Å². The Bertz CT molecular complexity index is 619. The summed E-state index contributed by atoms with van der Waals surface area (Å²) in [5.41, 5.74) is -0.588. The molecule has 1 N–H and O–H groups in total. The van der Waals surface area contributed by atoms with Crippen LogP contribution in [0.15, 0.2) is 16.9 Å². The second-order valence-electron chi connectivity index (χ2n) is 5.21. The minimum Gasteiger partial charge on any atom is -0.453 e. The van der Waals surface area contributed by atoms with Crippen LogP contribution in [0.4, 0.5) is 4.79 Å². The molecule has 0 aliphatic carbocycles. The molecule has 1 aromatic heterocycles. The molecule has 1 aliphatic heterocycles. The molecule has 2 heterocycles. The van der Waals surface area contributed by atoms with Crippen LogP contribution in [-0.4, -0.2) is 52.4 Å². The summed E-state index contributed by atoms with van der Waals surface area (Å²) >= 11 is 0. The van der Waals surface area contributed by atoms with E-state index in [-0.39, 0.29) is 17.2 Å². The van der Waals surface area contributed by atoms with E-state index < -0.39 is 11.6 Å². The first-order valence-electron chi connectivity index (χ1n) is 6.62. The van der Waals surface area contributed by atoms with Crippen molar-refractivity contribution in [3.63, 3.8) is 0 Å². The van der Waals surface area contributed by atoms with Crippen molar-refractivity contribution >= 4 is 12.0 Å². The summed E-state index contributed by atoms with van der Waals surface area (Å²) < 4.78 is 5.83. The smallest absolute Gasteiger partial charge is 0.409 e. The van der Waals surface area contributed by atoms with Crippen LogP contribution in [0.3, 0.4) is 0 Å². The fourth-order valence-corrected chi connectivity index (χ4v) is 2.27. The lowest BCUT2D eigenvalue weighted by Crippen LogP contribution is -2.69. The maximum Gasteiger partial charge on any atom is 0.409 e. The van der Waals surface area contributed by atoms with Crippen LogP contribution in [0.2, 0.25) is 0 Å². The lowest BCUT2D eigenvalue weighted by molar-refractivity contribution is 0.0382. The fraction of sp³-hybridized carbons (Fsp3) is 0.538. The van der Waals surface area contributed by atoms with Crippen molar-refractivity contribution in [2.75, 3.05) is 20.2 Å². The van der Waals surface area contributed by atoms with Gasteiger partial charge in [0.1, 0.15) is 5.69 Å². The molecule has 0 spiro atoms. The number of aromatic nitrogens is 2. The topological polar surface area (TPSA) is 93.5 Å². The number of rotatable bonds is 3. The molecule has 0 bridgehead atoms. The third kappa shape index (κ3) is 3.04. The number of methoxy groups -OCH3 is 1. The number of nitrogens with zero attached hydrogens (tertiary/aromatic N) is 3. The van der Waals surface area contributed by atoms with Crippen LogP contribution in [0.5, 0.6) is 0 Å². The molecule has 8 heteroatoms. The van der Waals surface area contributed by atoms with Crippen molar-refractivity contribution in [2.24, 2.45) is 0 Å². The second-order valence-corrected chi connectivity index (χ2v) is 5.21. The summed E-state index contributed by atoms with van der Waals surface area (Å²) in [6.07, 6.45) is -0.417. The van der Waals surface area contributed by atoms with Crippen LogP contribution >= 0.6 is 0 Å². The Morgan fingerprint density at radius 3 is 2.67 bits per heavy atom. The minimum absolute atomic E-state index is 0.175. The number of carbonyl (C=O) groups is 2. The molecule has 0 atom stereocenters. The number of carbonyl (C=O) groups excluding carboxylic acids is 2. The highest BCUT2D eigenvalue weighted by molar-refractivity contribution is 5.92. The summed E-state index contributed by atoms with van der Waals surface area (Å²) in [6, 6.07) is 2.71. The highest BCUT2D eigenvalue weighted by atomic mass is 16.5. The van der Waals surface area contributed by atoms with Gasteiger partial charge in [-0.15, -0.1) is 0 Å². The van der Waals surface area contributed by atoms with Gasteiger partial charge in [0.15, 0.2) is 0 Å². The number of hydrogen-bond donors (Lipinski definition) is 1. The average Bonchev–Trinajstić information content (AvgIpc) is 2.44. The summed E-state index contributed by atoms with van der Waals surface area (Å²) in [6.45, 7) is 4.75. The molecule has 114 valence electrons. The third-order valence-corrected chi connectivity index (χ3v) is 3.33. The van der Waals surface area contributed by atoms with Gasteiger partial charge >= 0.3 is 6.09 Å². The van der Waals surface area contributed by atoms with Gasteiger partial charge in [-0.3, -0.25) is 9.59 Å². The van der Waals surface area contributed by atoms with Gasteiger partial charge in [0.05, 0.1) is 12.6 Å². The van der Waals surface area contributed by atoms with E-state index in [0.29, 0.717) is 19.6 Å². The Morgan fingerprint density at radius 2 is 2.10 bits per heavy atom. The number of hydrogen-bond acceptors (Lipinski definition) is 5. The normalized spacial score (nSPS) is 16.0. The number of ether oxygens (including phenoxy) is 1. The number of nitrogens with one attached hydrogen (secondary N) is 1. The maximum absolute atomic E-state index is 12.2. The first-order valence-corrected chi connectivity index (χ1v) is 6.62. The van der Waals surface area contributed by atoms with E-state index in [0.717, 1.165) is 0 Å². The zero-order chi connectivity index (χ0) is 15.6. The van der Waals surface area contributed by atoms with E-state index in [2.05, 4.69) is 15.2 Å². The molecule has 1 aromatic rings. The standard InChI is InChI=1S/C13H18N4O4/c1-4-17-10(18)6-5-9(15-17)11(19)14-13(2)7-16(8-13)12(20)21-3/h5-6H,4,7-8H2,1-3H3,(H,14,19). The Morgan fingerprint density at radius 1 is 1.43 bits per heavy atom. The minimum atomic E-state index is -0.514. The summed E-state index contributed by atoms with van der Waals surface area (Å²) in [5, 5.41) is 6.81. The molecule has 2 amide bonds. The predicted octanol–water partition coefficient (Wildman–Crippen LogP) is -0.166. The van der Waals surface area contributed by atoms with Crippen molar-refractivity contribution in [1.82, 2.24) is 20.0 Å².